The molecule has 1 aromatic carbocycles. The Hall–Kier alpha value is -1.62. The van der Waals surface area contributed by atoms with E-state index in [0.29, 0.717) is 6.54 Å². The summed E-state index contributed by atoms with van der Waals surface area (Å²) in [5.41, 5.74) is 1.10. The minimum Gasteiger partial charge on any atom is -0.346 e. The molecule has 0 saturated carbocycles. The average molecular weight is 222 g/mol. The first-order chi connectivity index (χ1) is 7.27. The fraction of sp³-hybridized carbons (Fsp3) is 0.200. The van der Waals surface area contributed by atoms with Gasteiger partial charge in [-0.05, 0) is 17.5 Å². The van der Waals surface area contributed by atoms with E-state index < -0.39 is 10.5 Å². The Labute approximate surface area is 88.9 Å². The topological polar surface area (TPSA) is 51.4 Å². The average Bonchev–Trinajstić information content (AvgIpc) is 2.62. The third-order valence-electron chi connectivity index (χ3n) is 2.22. The molecule has 0 amide bonds. The summed E-state index contributed by atoms with van der Waals surface area (Å²) in [5.74, 6) is 0. The van der Waals surface area contributed by atoms with E-state index in [1.54, 1.807) is 0 Å². The van der Waals surface area contributed by atoms with Gasteiger partial charge >= 0.3 is 10.5 Å². The summed E-state index contributed by atoms with van der Waals surface area (Å²) in [7, 11) is -2.30. The van der Waals surface area contributed by atoms with Crippen LogP contribution in [0.25, 0.3) is 10.9 Å². The van der Waals surface area contributed by atoms with E-state index in [9.17, 15) is 8.42 Å². The van der Waals surface area contributed by atoms with Crippen molar-refractivity contribution in [3.63, 3.8) is 0 Å². The van der Waals surface area contributed by atoms with Crippen LogP contribution in [0.5, 0.6) is 0 Å². The highest BCUT2D eigenvalue weighted by Crippen LogP contribution is 2.14. The van der Waals surface area contributed by atoms with E-state index in [1.807, 2.05) is 41.1 Å². The van der Waals surface area contributed by atoms with Crippen LogP contribution in [0.1, 0.15) is 0 Å². The second-order valence-corrected chi connectivity index (χ2v) is 3.83. The first kappa shape index (κ1) is 9.92. The molecule has 78 valence electrons. The third-order valence-corrected chi connectivity index (χ3v) is 2.61. The van der Waals surface area contributed by atoms with Gasteiger partial charge in [0.1, 0.15) is 0 Å². The van der Waals surface area contributed by atoms with E-state index in [-0.39, 0.29) is 6.54 Å². The number of rotatable bonds is 3. The number of hydrogen-bond acceptors (Lipinski definition) is 3. The number of benzene rings is 1. The Balaban J connectivity index is 2.25. The van der Waals surface area contributed by atoms with Gasteiger partial charge in [0.25, 0.3) is 0 Å². The molecule has 0 fully saturated rings. The highest BCUT2D eigenvalue weighted by Gasteiger charge is 1.98. The molecule has 15 heavy (non-hydrogen) atoms. The van der Waals surface area contributed by atoms with Gasteiger partial charge in [-0.25, -0.2) is 0 Å². The van der Waals surface area contributed by atoms with E-state index in [2.05, 4.69) is 4.36 Å². The molecule has 0 atom stereocenters. The van der Waals surface area contributed by atoms with Crippen LogP contribution in [0.3, 0.4) is 0 Å². The van der Waals surface area contributed by atoms with Crippen molar-refractivity contribution < 1.29 is 8.42 Å². The van der Waals surface area contributed by atoms with Crippen LogP contribution in [-0.2, 0) is 17.0 Å². The molecule has 0 N–H and O–H groups in total. The maximum Gasteiger partial charge on any atom is 0.311 e. The zero-order valence-corrected chi connectivity index (χ0v) is 8.81. The highest BCUT2D eigenvalue weighted by atomic mass is 32.2. The van der Waals surface area contributed by atoms with E-state index in [4.69, 9.17) is 0 Å². The van der Waals surface area contributed by atoms with Gasteiger partial charge in [-0.1, -0.05) is 18.2 Å². The molecule has 0 saturated heterocycles. The fourth-order valence-electron chi connectivity index (χ4n) is 1.56. The van der Waals surface area contributed by atoms with Gasteiger partial charge in [-0.15, -0.1) is 0 Å². The molecule has 0 aliphatic heterocycles. The van der Waals surface area contributed by atoms with E-state index in [1.165, 1.54) is 0 Å². The Morgan fingerprint density at radius 2 is 2.00 bits per heavy atom. The second-order valence-electron chi connectivity index (χ2n) is 3.14. The second kappa shape index (κ2) is 4.27. The van der Waals surface area contributed by atoms with Crippen molar-refractivity contribution in [2.45, 2.75) is 6.54 Å². The Bertz CT molecular complexity index is 591. The molecule has 0 aliphatic carbocycles. The molecule has 4 nitrogen and oxygen atoms in total. The normalized spacial score (nSPS) is 10.4. The van der Waals surface area contributed by atoms with Gasteiger partial charge in [0.15, 0.2) is 0 Å². The molecule has 0 aliphatic rings. The van der Waals surface area contributed by atoms with Gasteiger partial charge in [0.2, 0.25) is 0 Å². The molecule has 2 aromatic rings. The van der Waals surface area contributed by atoms with Gasteiger partial charge in [0, 0.05) is 18.3 Å². The summed E-state index contributed by atoms with van der Waals surface area (Å²) in [6.07, 6.45) is 1.94. The predicted molar refractivity (Wildman–Crippen MR) is 58.2 cm³/mol. The molecular weight excluding hydrogens is 212 g/mol. The Morgan fingerprint density at radius 3 is 2.80 bits per heavy atom. The molecule has 0 unspecified atom stereocenters. The lowest BCUT2D eigenvalue weighted by Gasteiger charge is -2.00. The lowest BCUT2D eigenvalue weighted by molar-refractivity contribution is 0.617. The molecule has 0 bridgehead atoms. The van der Waals surface area contributed by atoms with Gasteiger partial charge < -0.3 is 4.57 Å². The number of para-hydroxylation sites is 1. The van der Waals surface area contributed by atoms with Crippen molar-refractivity contribution >= 4 is 21.4 Å². The summed E-state index contributed by atoms with van der Waals surface area (Å²) in [4.78, 5) is 0. The Kier molecular flexibility index (Phi) is 2.82. The summed E-state index contributed by atoms with van der Waals surface area (Å²) in [6.45, 7) is 0.871. The van der Waals surface area contributed by atoms with Crippen molar-refractivity contribution in [3.05, 3.63) is 36.5 Å². The quantitative estimate of drug-likeness (QED) is 0.793. The minimum absolute atomic E-state index is 0.286. The maximum atomic E-state index is 10.2. The largest absolute Gasteiger partial charge is 0.346 e. The van der Waals surface area contributed by atoms with Gasteiger partial charge in [0.05, 0.1) is 6.54 Å². The number of fused-ring (bicyclic) bond motifs is 1. The number of nitrogens with zero attached hydrogens (tertiary/aromatic N) is 2. The lowest BCUT2D eigenvalue weighted by atomic mass is 10.2. The zero-order valence-electron chi connectivity index (χ0n) is 8.00. The lowest BCUT2D eigenvalue weighted by Crippen LogP contribution is -1.98. The van der Waals surface area contributed by atoms with E-state index in [0.717, 1.165) is 10.9 Å². The van der Waals surface area contributed by atoms with Crippen LogP contribution < -0.4 is 0 Å². The minimum atomic E-state index is -2.30. The maximum absolute atomic E-state index is 10.2. The first-order valence-electron chi connectivity index (χ1n) is 4.58. The molecular formula is C10H10N2O2S. The first-order valence-corrected chi connectivity index (χ1v) is 5.61. The van der Waals surface area contributed by atoms with Crippen LogP contribution in [-0.4, -0.2) is 19.5 Å². The standard InChI is InChI=1S/C10H10N2O2S/c13-15(14)11-6-8-12-7-5-9-3-1-2-4-10(9)12/h1-5,7H,6,8H2. The Morgan fingerprint density at radius 1 is 1.20 bits per heavy atom. The number of hydrogen-bond donors (Lipinski definition) is 0. The highest BCUT2D eigenvalue weighted by molar-refractivity contribution is 7.61. The van der Waals surface area contributed by atoms with Crippen molar-refractivity contribution in [1.82, 2.24) is 4.57 Å². The van der Waals surface area contributed by atoms with E-state index >= 15 is 0 Å². The van der Waals surface area contributed by atoms with Crippen LogP contribution in [0.4, 0.5) is 0 Å². The smallest absolute Gasteiger partial charge is 0.311 e. The van der Waals surface area contributed by atoms with Crippen molar-refractivity contribution in [3.8, 4) is 0 Å². The van der Waals surface area contributed by atoms with Crippen molar-refractivity contribution in [1.29, 1.82) is 0 Å². The summed E-state index contributed by atoms with van der Waals surface area (Å²) < 4.78 is 25.8. The molecule has 1 aromatic heterocycles. The molecule has 2 rings (SSSR count). The van der Waals surface area contributed by atoms with Crippen LogP contribution in [0.15, 0.2) is 40.9 Å². The molecule has 0 spiro atoms. The monoisotopic (exact) mass is 222 g/mol. The summed E-state index contributed by atoms with van der Waals surface area (Å²) >= 11 is 0. The van der Waals surface area contributed by atoms with Crippen LogP contribution in [0, 0.1) is 0 Å². The third kappa shape index (κ3) is 2.24. The van der Waals surface area contributed by atoms with Crippen LogP contribution in [0.2, 0.25) is 0 Å². The number of aromatic nitrogens is 1. The van der Waals surface area contributed by atoms with Crippen LogP contribution >= 0.6 is 0 Å². The SMILES string of the molecule is O=S(=O)=NCCn1ccc2ccccc21. The van der Waals surface area contributed by atoms with Gasteiger partial charge in [-0.2, -0.15) is 12.8 Å². The van der Waals surface area contributed by atoms with Gasteiger partial charge in [-0.3, -0.25) is 0 Å². The zero-order chi connectivity index (χ0) is 10.7. The van der Waals surface area contributed by atoms with Crippen molar-refractivity contribution in [2.75, 3.05) is 6.54 Å². The summed E-state index contributed by atoms with van der Waals surface area (Å²) in [6, 6.07) is 9.97. The summed E-state index contributed by atoms with van der Waals surface area (Å²) in [5, 5.41) is 1.15. The molecule has 1 heterocycles. The molecule has 5 heteroatoms. The predicted octanol–water partition coefficient (Wildman–Crippen LogP) is 1.70. The fourth-order valence-corrected chi connectivity index (χ4v) is 1.79. The van der Waals surface area contributed by atoms with Crippen molar-refractivity contribution in [2.24, 2.45) is 4.36 Å². The molecule has 0 radical (unpaired) electrons.